The molecule has 0 saturated heterocycles. The van der Waals surface area contributed by atoms with Crippen molar-refractivity contribution >= 4 is 11.6 Å². The highest BCUT2D eigenvalue weighted by atomic mass is 35.5. The second kappa shape index (κ2) is 4.66. The third-order valence-corrected chi connectivity index (χ3v) is 2.38. The summed E-state index contributed by atoms with van der Waals surface area (Å²) in [5, 5.41) is 4.39. The second-order valence-corrected chi connectivity index (χ2v) is 4.11. The lowest BCUT2D eigenvalue weighted by Crippen LogP contribution is -1.96. The van der Waals surface area contributed by atoms with Gasteiger partial charge in [0.25, 0.3) is 0 Å². The molecule has 13 heavy (non-hydrogen) atoms. The normalized spacial score (nSPS) is 11.2. The molecule has 0 atom stereocenters. The van der Waals surface area contributed by atoms with E-state index < -0.39 is 0 Å². The summed E-state index contributed by atoms with van der Waals surface area (Å²) in [7, 11) is 1.94. The van der Waals surface area contributed by atoms with Gasteiger partial charge in [0.2, 0.25) is 0 Å². The lowest BCUT2D eigenvalue weighted by molar-refractivity contribution is 0.575. The van der Waals surface area contributed by atoms with Crippen molar-refractivity contribution in [3.8, 4) is 0 Å². The van der Waals surface area contributed by atoms with Gasteiger partial charge >= 0.3 is 0 Å². The van der Waals surface area contributed by atoms with Crippen molar-refractivity contribution in [3.63, 3.8) is 0 Å². The molecule has 1 aromatic heterocycles. The maximum atomic E-state index is 5.81. The minimum atomic E-state index is 0.571. The molecule has 0 aliphatic heterocycles. The van der Waals surface area contributed by atoms with Gasteiger partial charge in [-0.1, -0.05) is 13.8 Å². The topological polar surface area (TPSA) is 17.8 Å². The van der Waals surface area contributed by atoms with Crippen LogP contribution in [0.4, 0.5) is 0 Å². The molecule has 74 valence electrons. The summed E-state index contributed by atoms with van der Waals surface area (Å²) in [6.07, 6.45) is 4.23. The number of nitrogens with zero attached hydrogens (tertiary/aromatic N) is 2. The van der Waals surface area contributed by atoms with Crippen molar-refractivity contribution in [1.29, 1.82) is 0 Å². The molecule has 0 aliphatic rings. The Morgan fingerprint density at radius 2 is 2.23 bits per heavy atom. The molecule has 1 aromatic rings. The molecule has 0 saturated carbocycles. The molecule has 0 amide bonds. The van der Waals surface area contributed by atoms with E-state index in [1.807, 2.05) is 17.9 Å². The Balaban J connectivity index is 2.64. The summed E-state index contributed by atoms with van der Waals surface area (Å²) in [5.74, 6) is 1.30. The molecule has 0 aliphatic carbocycles. The van der Waals surface area contributed by atoms with Gasteiger partial charge in [0.15, 0.2) is 0 Å². The first-order valence-corrected chi connectivity index (χ1v) is 5.24. The third kappa shape index (κ3) is 3.03. The van der Waals surface area contributed by atoms with E-state index in [4.69, 9.17) is 11.6 Å². The van der Waals surface area contributed by atoms with Gasteiger partial charge < -0.3 is 0 Å². The van der Waals surface area contributed by atoms with E-state index in [2.05, 4.69) is 18.9 Å². The van der Waals surface area contributed by atoms with E-state index in [0.717, 1.165) is 18.0 Å². The van der Waals surface area contributed by atoms with Crippen LogP contribution in [0.5, 0.6) is 0 Å². The Bertz CT molecular complexity index is 266. The quantitative estimate of drug-likeness (QED) is 0.684. The van der Waals surface area contributed by atoms with Gasteiger partial charge in [-0.15, -0.1) is 11.6 Å². The fourth-order valence-electron chi connectivity index (χ4n) is 1.33. The van der Waals surface area contributed by atoms with Crippen LogP contribution in [0.3, 0.4) is 0 Å². The molecule has 0 radical (unpaired) electrons. The first-order valence-electron chi connectivity index (χ1n) is 4.71. The maximum absolute atomic E-state index is 5.81. The standard InChI is InChI=1S/C10H17ClN2/c1-8(2)4-5-10-9(6-11)7-13(3)12-10/h7-8H,4-6H2,1-3H3. The first kappa shape index (κ1) is 10.6. The number of hydrogen-bond acceptors (Lipinski definition) is 1. The van der Waals surface area contributed by atoms with Gasteiger partial charge in [0.05, 0.1) is 11.6 Å². The van der Waals surface area contributed by atoms with Crippen LogP contribution >= 0.6 is 11.6 Å². The largest absolute Gasteiger partial charge is 0.275 e. The van der Waals surface area contributed by atoms with Crippen molar-refractivity contribution in [2.45, 2.75) is 32.6 Å². The zero-order valence-corrected chi connectivity index (χ0v) is 9.30. The molecular formula is C10H17ClN2. The molecule has 0 N–H and O–H groups in total. The van der Waals surface area contributed by atoms with Crippen LogP contribution in [0.15, 0.2) is 6.20 Å². The number of aryl methyl sites for hydroxylation is 2. The highest BCUT2D eigenvalue weighted by Crippen LogP contribution is 2.13. The average molecular weight is 201 g/mol. The smallest absolute Gasteiger partial charge is 0.0668 e. The van der Waals surface area contributed by atoms with Crippen molar-refractivity contribution in [3.05, 3.63) is 17.5 Å². The zero-order valence-electron chi connectivity index (χ0n) is 8.55. The van der Waals surface area contributed by atoms with E-state index in [1.54, 1.807) is 0 Å². The SMILES string of the molecule is CC(C)CCc1nn(C)cc1CCl. The summed E-state index contributed by atoms with van der Waals surface area (Å²) < 4.78 is 1.84. The Hall–Kier alpha value is -0.500. The summed E-state index contributed by atoms with van der Waals surface area (Å²) in [6.45, 7) is 4.45. The highest BCUT2D eigenvalue weighted by Gasteiger charge is 2.06. The molecule has 0 unspecified atom stereocenters. The van der Waals surface area contributed by atoms with Crippen molar-refractivity contribution in [2.75, 3.05) is 0 Å². The Morgan fingerprint density at radius 3 is 2.77 bits per heavy atom. The molecule has 0 fully saturated rings. The fourth-order valence-corrected chi connectivity index (χ4v) is 1.55. The molecule has 0 spiro atoms. The van der Waals surface area contributed by atoms with Crippen LogP contribution in [0, 0.1) is 5.92 Å². The fraction of sp³-hybridized carbons (Fsp3) is 0.700. The highest BCUT2D eigenvalue weighted by molar-refractivity contribution is 6.17. The van der Waals surface area contributed by atoms with Gasteiger partial charge in [0.1, 0.15) is 0 Å². The average Bonchev–Trinajstić information content (AvgIpc) is 2.42. The molecular weight excluding hydrogens is 184 g/mol. The molecule has 0 bridgehead atoms. The lowest BCUT2D eigenvalue weighted by Gasteiger charge is -2.02. The maximum Gasteiger partial charge on any atom is 0.0668 e. The van der Waals surface area contributed by atoms with E-state index in [1.165, 1.54) is 12.0 Å². The minimum Gasteiger partial charge on any atom is -0.275 e. The molecule has 1 rings (SSSR count). The molecule has 0 aromatic carbocycles. The van der Waals surface area contributed by atoms with Crippen molar-refractivity contribution in [1.82, 2.24) is 9.78 Å². The minimum absolute atomic E-state index is 0.571. The number of aromatic nitrogens is 2. The van der Waals surface area contributed by atoms with Gasteiger partial charge in [0, 0.05) is 18.8 Å². The number of alkyl halides is 1. The monoisotopic (exact) mass is 200 g/mol. The van der Waals surface area contributed by atoms with Crippen LogP contribution in [0.2, 0.25) is 0 Å². The predicted octanol–water partition coefficient (Wildman–Crippen LogP) is 2.75. The van der Waals surface area contributed by atoms with Crippen LogP contribution in [-0.2, 0) is 19.3 Å². The van der Waals surface area contributed by atoms with Gasteiger partial charge in [-0.25, -0.2) is 0 Å². The number of rotatable bonds is 4. The van der Waals surface area contributed by atoms with Crippen molar-refractivity contribution in [2.24, 2.45) is 13.0 Å². The van der Waals surface area contributed by atoms with E-state index >= 15 is 0 Å². The zero-order chi connectivity index (χ0) is 9.84. The Morgan fingerprint density at radius 1 is 1.54 bits per heavy atom. The summed E-state index contributed by atoms with van der Waals surface area (Å²) in [5.41, 5.74) is 2.33. The van der Waals surface area contributed by atoms with Gasteiger partial charge in [-0.3, -0.25) is 4.68 Å². The van der Waals surface area contributed by atoms with E-state index in [9.17, 15) is 0 Å². The number of hydrogen-bond donors (Lipinski definition) is 0. The molecule has 1 heterocycles. The summed E-state index contributed by atoms with van der Waals surface area (Å²) in [6, 6.07) is 0. The predicted molar refractivity (Wildman–Crippen MR) is 55.9 cm³/mol. The summed E-state index contributed by atoms with van der Waals surface area (Å²) in [4.78, 5) is 0. The third-order valence-electron chi connectivity index (χ3n) is 2.09. The lowest BCUT2D eigenvalue weighted by atomic mass is 10.1. The van der Waals surface area contributed by atoms with Gasteiger partial charge in [-0.05, 0) is 18.8 Å². The van der Waals surface area contributed by atoms with Crippen LogP contribution < -0.4 is 0 Å². The van der Waals surface area contributed by atoms with Crippen LogP contribution in [-0.4, -0.2) is 9.78 Å². The van der Waals surface area contributed by atoms with Gasteiger partial charge in [-0.2, -0.15) is 5.10 Å². The molecule has 2 nitrogen and oxygen atoms in total. The Kier molecular flexibility index (Phi) is 3.79. The van der Waals surface area contributed by atoms with Crippen LogP contribution in [0.25, 0.3) is 0 Å². The van der Waals surface area contributed by atoms with E-state index in [-0.39, 0.29) is 0 Å². The van der Waals surface area contributed by atoms with Crippen molar-refractivity contribution < 1.29 is 0 Å². The van der Waals surface area contributed by atoms with E-state index in [0.29, 0.717) is 5.88 Å². The number of halogens is 1. The first-order chi connectivity index (χ1) is 6.13. The van der Waals surface area contributed by atoms with Crippen LogP contribution in [0.1, 0.15) is 31.5 Å². The Labute approximate surface area is 84.9 Å². The second-order valence-electron chi connectivity index (χ2n) is 3.84. The molecule has 3 heteroatoms. The summed E-state index contributed by atoms with van der Waals surface area (Å²) >= 11 is 5.81.